The third-order valence-electron chi connectivity index (χ3n) is 2.43. The number of thiophene rings is 1. The molecule has 1 unspecified atom stereocenters. The van der Waals surface area contributed by atoms with Crippen molar-refractivity contribution in [2.75, 3.05) is 13.7 Å². The number of methoxy groups -OCH3 is 1. The highest BCUT2D eigenvalue weighted by molar-refractivity contribution is 9.11. The Bertz CT molecular complexity index is 552. The first-order valence-corrected chi connectivity index (χ1v) is 7.05. The lowest BCUT2D eigenvalue weighted by Crippen LogP contribution is -2.27. The lowest BCUT2D eigenvalue weighted by molar-refractivity contribution is 0.0905. The first-order chi connectivity index (χ1) is 9.11. The number of nitrogens with one attached hydrogen (secondary N) is 1. The van der Waals surface area contributed by atoms with Crippen LogP contribution in [0.15, 0.2) is 32.7 Å². The summed E-state index contributed by atoms with van der Waals surface area (Å²) in [4.78, 5) is 12.4. The molecule has 2 aromatic heterocycles. The van der Waals surface area contributed by atoms with Crippen molar-refractivity contribution in [3.8, 4) is 5.75 Å². The van der Waals surface area contributed by atoms with Gasteiger partial charge in [0.25, 0.3) is 5.91 Å². The van der Waals surface area contributed by atoms with Crippen molar-refractivity contribution < 1.29 is 19.1 Å². The van der Waals surface area contributed by atoms with E-state index in [-0.39, 0.29) is 12.5 Å². The summed E-state index contributed by atoms with van der Waals surface area (Å²) in [5.41, 5.74) is 0. The lowest BCUT2D eigenvalue weighted by Gasteiger charge is -2.08. The van der Waals surface area contributed by atoms with Gasteiger partial charge in [0.1, 0.15) is 21.4 Å². The Morgan fingerprint density at radius 3 is 3.05 bits per heavy atom. The summed E-state index contributed by atoms with van der Waals surface area (Å²) in [5.74, 6) is 0.770. The number of hydrogen-bond acceptors (Lipinski definition) is 5. The number of amides is 1. The van der Waals surface area contributed by atoms with Gasteiger partial charge in [-0.05, 0) is 28.1 Å². The zero-order valence-electron chi connectivity index (χ0n) is 10.1. The number of halogens is 1. The molecule has 1 amide bonds. The van der Waals surface area contributed by atoms with E-state index < -0.39 is 6.10 Å². The van der Waals surface area contributed by atoms with Gasteiger partial charge in [-0.2, -0.15) is 0 Å². The lowest BCUT2D eigenvalue weighted by atomic mass is 10.2. The van der Waals surface area contributed by atoms with Crippen molar-refractivity contribution >= 4 is 33.2 Å². The number of rotatable bonds is 5. The van der Waals surface area contributed by atoms with Crippen LogP contribution in [0.3, 0.4) is 0 Å². The molecule has 0 aliphatic heterocycles. The highest BCUT2D eigenvalue weighted by atomic mass is 79.9. The van der Waals surface area contributed by atoms with Gasteiger partial charge in [0.2, 0.25) is 0 Å². The molecule has 0 saturated heterocycles. The summed E-state index contributed by atoms with van der Waals surface area (Å²) in [5, 5.41) is 12.4. The maximum absolute atomic E-state index is 11.9. The number of aliphatic hydroxyl groups excluding tert-OH is 1. The highest BCUT2D eigenvalue weighted by Gasteiger charge is 2.16. The molecule has 0 aromatic carbocycles. The minimum absolute atomic E-state index is 0.0875. The van der Waals surface area contributed by atoms with Gasteiger partial charge in [-0.25, -0.2) is 0 Å². The second-order valence-electron chi connectivity index (χ2n) is 3.69. The molecule has 0 aliphatic rings. The van der Waals surface area contributed by atoms with Gasteiger partial charge in [-0.1, -0.05) is 0 Å². The molecule has 0 saturated carbocycles. The number of furan rings is 1. The Balaban J connectivity index is 1.94. The molecule has 0 spiro atoms. The Labute approximate surface area is 122 Å². The Hall–Kier alpha value is -1.31. The van der Waals surface area contributed by atoms with E-state index in [0.717, 1.165) is 3.79 Å². The fourth-order valence-corrected chi connectivity index (χ4v) is 3.03. The molecule has 1 atom stereocenters. The average molecular weight is 346 g/mol. The van der Waals surface area contributed by atoms with Crippen molar-refractivity contribution in [2.45, 2.75) is 6.10 Å². The predicted molar refractivity (Wildman–Crippen MR) is 74.6 cm³/mol. The molecule has 2 heterocycles. The van der Waals surface area contributed by atoms with Crippen LogP contribution in [0.5, 0.6) is 5.75 Å². The van der Waals surface area contributed by atoms with Gasteiger partial charge in [0.15, 0.2) is 0 Å². The van der Waals surface area contributed by atoms with Crippen LogP contribution in [-0.2, 0) is 0 Å². The van der Waals surface area contributed by atoms with E-state index in [0.29, 0.717) is 16.4 Å². The van der Waals surface area contributed by atoms with Crippen LogP contribution >= 0.6 is 27.3 Å². The van der Waals surface area contributed by atoms with Gasteiger partial charge < -0.3 is 19.6 Å². The number of ether oxygens (including phenoxy) is 1. The summed E-state index contributed by atoms with van der Waals surface area (Å²) in [6, 6.07) is 4.98. The van der Waals surface area contributed by atoms with Crippen LogP contribution in [0.1, 0.15) is 21.5 Å². The smallest absolute Gasteiger partial charge is 0.261 e. The fourth-order valence-electron chi connectivity index (χ4n) is 1.46. The molecule has 7 heteroatoms. The fraction of sp³-hybridized carbons (Fsp3) is 0.250. The standard InChI is InChI=1S/C12H12BrNO4S/c1-17-9-5-10(19-11(9)13)12(16)14-6-7(15)8-3-2-4-18-8/h2-5,7,15H,6H2,1H3,(H,14,16). The van der Waals surface area contributed by atoms with Gasteiger partial charge in [0, 0.05) is 6.07 Å². The maximum atomic E-state index is 11.9. The minimum atomic E-state index is -0.857. The van der Waals surface area contributed by atoms with Gasteiger partial charge in [-0.15, -0.1) is 11.3 Å². The molecule has 0 bridgehead atoms. The molecule has 2 N–H and O–H groups in total. The summed E-state index contributed by atoms with van der Waals surface area (Å²) in [6.45, 7) is 0.0875. The zero-order chi connectivity index (χ0) is 13.8. The van der Waals surface area contributed by atoms with Crippen LogP contribution in [0.2, 0.25) is 0 Å². The van der Waals surface area contributed by atoms with Crippen LogP contribution in [-0.4, -0.2) is 24.7 Å². The Morgan fingerprint density at radius 2 is 2.47 bits per heavy atom. The third-order valence-corrected chi connectivity index (χ3v) is 4.21. The summed E-state index contributed by atoms with van der Waals surface area (Å²) >= 11 is 4.58. The van der Waals surface area contributed by atoms with Crippen LogP contribution in [0.25, 0.3) is 0 Å². The summed E-state index contributed by atoms with van der Waals surface area (Å²) in [6.07, 6.45) is 0.617. The summed E-state index contributed by atoms with van der Waals surface area (Å²) < 4.78 is 10.9. The van der Waals surface area contributed by atoms with Crippen LogP contribution in [0, 0.1) is 0 Å². The van der Waals surface area contributed by atoms with E-state index >= 15 is 0 Å². The molecule has 2 rings (SSSR count). The van der Waals surface area contributed by atoms with E-state index in [1.165, 1.54) is 24.7 Å². The number of carbonyl (C=O) groups excluding carboxylic acids is 1. The third kappa shape index (κ3) is 3.37. The van der Waals surface area contributed by atoms with E-state index in [4.69, 9.17) is 9.15 Å². The molecule has 0 aliphatic carbocycles. The van der Waals surface area contributed by atoms with E-state index in [9.17, 15) is 9.90 Å². The molecule has 0 radical (unpaired) electrons. The van der Waals surface area contributed by atoms with Crippen molar-refractivity contribution in [2.24, 2.45) is 0 Å². The second-order valence-corrected chi connectivity index (χ2v) is 6.06. The average Bonchev–Trinajstić information content (AvgIpc) is 3.04. The Morgan fingerprint density at radius 1 is 1.68 bits per heavy atom. The van der Waals surface area contributed by atoms with Crippen molar-refractivity contribution in [3.05, 3.63) is 38.9 Å². The van der Waals surface area contributed by atoms with Crippen molar-refractivity contribution in [3.63, 3.8) is 0 Å². The molecule has 0 fully saturated rings. The molecule has 2 aromatic rings. The van der Waals surface area contributed by atoms with Crippen molar-refractivity contribution in [1.82, 2.24) is 5.32 Å². The molecule has 102 valence electrons. The predicted octanol–water partition coefficient (Wildman–Crippen LogP) is 2.58. The molecular formula is C12H12BrNO4S. The van der Waals surface area contributed by atoms with Gasteiger partial charge in [-0.3, -0.25) is 4.79 Å². The second kappa shape index (κ2) is 6.23. The zero-order valence-corrected chi connectivity index (χ0v) is 12.5. The first-order valence-electron chi connectivity index (χ1n) is 5.44. The van der Waals surface area contributed by atoms with E-state index in [1.807, 2.05) is 0 Å². The minimum Gasteiger partial charge on any atom is -0.495 e. The number of carbonyl (C=O) groups is 1. The van der Waals surface area contributed by atoms with E-state index in [2.05, 4.69) is 21.2 Å². The van der Waals surface area contributed by atoms with Crippen LogP contribution < -0.4 is 10.1 Å². The maximum Gasteiger partial charge on any atom is 0.261 e. The normalized spacial score (nSPS) is 12.2. The van der Waals surface area contributed by atoms with Crippen LogP contribution in [0.4, 0.5) is 0 Å². The first kappa shape index (κ1) is 14.1. The summed E-state index contributed by atoms with van der Waals surface area (Å²) in [7, 11) is 1.54. The topological polar surface area (TPSA) is 71.7 Å². The number of aliphatic hydroxyl groups is 1. The monoisotopic (exact) mass is 345 g/mol. The number of hydrogen-bond donors (Lipinski definition) is 2. The SMILES string of the molecule is COc1cc(C(=O)NCC(O)c2ccco2)sc1Br. The largest absolute Gasteiger partial charge is 0.495 e. The quantitative estimate of drug-likeness (QED) is 0.873. The Kier molecular flexibility index (Phi) is 4.62. The molecule has 5 nitrogen and oxygen atoms in total. The molecule has 19 heavy (non-hydrogen) atoms. The molecular weight excluding hydrogens is 334 g/mol. The van der Waals surface area contributed by atoms with Gasteiger partial charge >= 0.3 is 0 Å². The highest BCUT2D eigenvalue weighted by Crippen LogP contribution is 2.34. The van der Waals surface area contributed by atoms with E-state index in [1.54, 1.807) is 18.2 Å². The van der Waals surface area contributed by atoms with Crippen molar-refractivity contribution in [1.29, 1.82) is 0 Å². The van der Waals surface area contributed by atoms with Gasteiger partial charge in [0.05, 0.1) is 24.8 Å².